The van der Waals surface area contributed by atoms with Crippen molar-refractivity contribution in [3.05, 3.63) is 12.4 Å². The molecule has 1 aliphatic heterocycles. The Morgan fingerprint density at radius 2 is 2.36 bits per heavy atom. The summed E-state index contributed by atoms with van der Waals surface area (Å²) in [7, 11) is -0.972. The summed E-state index contributed by atoms with van der Waals surface area (Å²) in [5.74, 6) is 0. The van der Waals surface area contributed by atoms with Crippen LogP contribution >= 0.6 is 0 Å². The number of rotatable bonds is 1. The van der Waals surface area contributed by atoms with Gasteiger partial charge >= 0.3 is 13.3 Å². The lowest BCUT2D eigenvalue weighted by Gasteiger charge is -2.12. The highest BCUT2D eigenvalue weighted by Gasteiger charge is 2.48. The van der Waals surface area contributed by atoms with E-state index in [0.29, 0.717) is 5.46 Å². The van der Waals surface area contributed by atoms with Gasteiger partial charge in [-0.3, -0.25) is 5.10 Å². The fourth-order valence-corrected chi connectivity index (χ4v) is 1.14. The van der Waals surface area contributed by atoms with Crippen molar-refractivity contribution >= 4 is 12.6 Å². The Bertz CT molecular complexity index is 303. The number of halogens is 3. The maximum atomic E-state index is 12.1. The van der Waals surface area contributed by atoms with Crippen molar-refractivity contribution in [2.45, 2.75) is 12.3 Å². The molecule has 2 heterocycles. The third-order valence-corrected chi connectivity index (χ3v) is 1.84. The van der Waals surface area contributed by atoms with Gasteiger partial charge in [0, 0.05) is 17.9 Å². The van der Waals surface area contributed by atoms with Crippen molar-refractivity contribution in [2.75, 3.05) is 6.61 Å². The highest BCUT2D eigenvalue weighted by atomic mass is 19.4. The largest absolute Gasteiger partial charge is 0.497 e. The van der Waals surface area contributed by atoms with Gasteiger partial charge in [0.05, 0.1) is 6.61 Å². The van der Waals surface area contributed by atoms with Gasteiger partial charge in [-0.2, -0.15) is 18.3 Å². The number of alkyl halides is 3. The quantitative estimate of drug-likeness (QED) is 0.662. The molecule has 0 bridgehead atoms. The van der Waals surface area contributed by atoms with E-state index in [1.165, 1.54) is 12.4 Å². The van der Waals surface area contributed by atoms with E-state index in [2.05, 4.69) is 14.9 Å². The van der Waals surface area contributed by atoms with E-state index < -0.39 is 26.0 Å². The van der Waals surface area contributed by atoms with E-state index in [1.54, 1.807) is 0 Å². The second-order valence-electron chi connectivity index (χ2n) is 2.86. The average Bonchev–Trinajstić information content (AvgIpc) is 2.73. The van der Waals surface area contributed by atoms with Crippen LogP contribution < -0.4 is 5.46 Å². The van der Waals surface area contributed by atoms with Gasteiger partial charge in [-0.15, -0.1) is 0 Å². The molecular formula is C6H6BF3N2O2. The summed E-state index contributed by atoms with van der Waals surface area (Å²) in [5, 5.41) is 6.06. The fourth-order valence-electron chi connectivity index (χ4n) is 1.14. The van der Waals surface area contributed by atoms with Gasteiger partial charge in [0.25, 0.3) is 0 Å². The van der Waals surface area contributed by atoms with Crippen LogP contribution in [0.3, 0.4) is 0 Å². The number of nitrogens with zero attached hydrogens (tertiary/aromatic N) is 1. The number of nitrogens with one attached hydrogen (secondary N) is 1. The standard InChI is InChI=1S/C6H6BF3N2O2/c8-6(9,10)5-3-13-7(14-5)4-1-11-12-2-4/h1-2,5H,3H2,(H,11,12). The second kappa shape index (κ2) is 3.28. The topological polar surface area (TPSA) is 47.1 Å². The van der Waals surface area contributed by atoms with E-state index in [0.717, 1.165) is 0 Å². The van der Waals surface area contributed by atoms with Crippen molar-refractivity contribution in [1.82, 2.24) is 10.2 Å². The molecule has 1 unspecified atom stereocenters. The molecule has 4 nitrogen and oxygen atoms in total. The molecule has 0 aromatic carbocycles. The van der Waals surface area contributed by atoms with E-state index in [4.69, 9.17) is 4.65 Å². The summed E-state index contributed by atoms with van der Waals surface area (Å²) < 4.78 is 45.9. The van der Waals surface area contributed by atoms with E-state index in [9.17, 15) is 13.2 Å². The van der Waals surface area contributed by atoms with Crippen molar-refractivity contribution < 1.29 is 22.5 Å². The van der Waals surface area contributed by atoms with Crippen LogP contribution in [0.25, 0.3) is 0 Å². The molecular weight excluding hydrogens is 200 g/mol. The molecule has 1 saturated heterocycles. The Kier molecular flexibility index (Phi) is 2.24. The minimum Gasteiger partial charge on any atom is -0.404 e. The van der Waals surface area contributed by atoms with Crippen LogP contribution in [-0.2, 0) is 9.31 Å². The van der Waals surface area contributed by atoms with Gasteiger partial charge in [0.2, 0.25) is 0 Å². The van der Waals surface area contributed by atoms with Gasteiger partial charge in [0.1, 0.15) is 0 Å². The van der Waals surface area contributed by atoms with Crippen LogP contribution in [0.15, 0.2) is 12.4 Å². The number of aromatic nitrogens is 2. The van der Waals surface area contributed by atoms with Crippen molar-refractivity contribution in [3.8, 4) is 0 Å². The molecule has 14 heavy (non-hydrogen) atoms. The third kappa shape index (κ3) is 1.75. The average molecular weight is 206 g/mol. The summed E-state index contributed by atoms with van der Waals surface area (Å²) in [6.45, 7) is -0.473. The Morgan fingerprint density at radius 1 is 1.57 bits per heavy atom. The molecule has 0 radical (unpaired) electrons. The first-order valence-corrected chi connectivity index (χ1v) is 3.90. The number of hydrogen-bond acceptors (Lipinski definition) is 3. The molecule has 0 aliphatic carbocycles. The van der Waals surface area contributed by atoms with Gasteiger partial charge < -0.3 is 9.31 Å². The molecule has 1 atom stereocenters. The third-order valence-electron chi connectivity index (χ3n) is 1.84. The lowest BCUT2D eigenvalue weighted by Crippen LogP contribution is -2.35. The molecule has 76 valence electrons. The van der Waals surface area contributed by atoms with Crippen LogP contribution in [0.5, 0.6) is 0 Å². The molecule has 0 spiro atoms. The lowest BCUT2D eigenvalue weighted by molar-refractivity contribution is -0.190. The van der Waals surface area contributed by atoms with Crippen LogP contribution in [0.4, 0.5) is 13.2 Å². The Morgan fingerprint density at radius 3 is 2.86 bits per heavy atom. The zero-order chi connectivity index (χ0) is 10.2. The van der Waals surface area contributed by atoms with E-state index in [1.807, 2.05) is 0 Å². The molecule has 0 amide bonds. The summed E-state index contributed by atoms with van der Waals surface area (Å²) in [4.78, 5) is 0. The van der Waals surface area contributed by atoms with E-state index in [-0.39, 0.29) is 0 Å². The van der Waals surface area contributed by atoms with Gasteiger partial charge in [-0.25, -0.2) is 0 Å². The van der Waals surface area contributed by atoms with Crippen LogP contribution in [0, 0.1) is 0 Å². The monoisotopic (exact) mass is 206 g/mol. The molecule has 1 aromatic heterocycles. The summed E-state index contributed by atoms with van der Waals surface area (Å²) in [5.41, 5.74) is 0.455. The van der Waals surface area contributed by atoms with Gasteiger partial charge in [-0.1, -0.05) is 0 Å². The minimum absolute atomic E-state index is 0.455. The highest BCUT2D eigenvalue weighted by molar-refractivity contribution is 6.61. The summed E-state index contributed by atoms with van der Waals surface area (Å²) in [6, 6.07) is 0. The highest BCUT2D eigenvalue weighted by Crippen LogP contribution is 2.27. The second-order valence-corrected chi connectivity index (χ2v) is 2.86. The first kappa shape index (κ1) is 9.54. The molecule has 1 fully saturated rings. The normalized spacial score (nSPS) is 23.1. The molecule has 1 aliphatic rings. The zero-order valence-electron chi connectivity index (χ0n) is 6.91. The van der Waals surface area contributed by atoms with Crippen LogP contribution in [0.2, 0.25) is 0 Å². The van der Waals surface area contributed by atoms with Crippen molar-refractivity contribution in [3.63, 3.8) is 0 Å². The number of aromatic amines is 1. The molecule has 1 aromatic rings. The first-order chi connectivity index (χ1) is 6.57. The fraction of sp³-hybridized carbons (Fsp3) is 0.500. The van der Waals surface area contributed by atoms with Gasteiger partial charge in [0.15, 0.2) is 6.10 Å². The molecule has 8 heteroatoms. The van der Waals surface area contributed by atoms with Crippen LogP contribution in [-0.4, -0.2) is 36.2 Å². The van der Waals surface area contributed by atoms with Crippen LogP contribution in [0.1, 0.15) is 0 Å². The van der Waals surface area contributed by atoms with E-state index >= 15 is 0 Å². The maximum Gasteiger partial charge on any atom is 0.497 e. The van der Waals surface area contributed by atoms with Gasteiger partial charge in [-0.05, 0) is 0 Å². The SMILES string of the molecule is FC(F)(F)C1COB(c2cn[nH]c2)O1. The summed E-state index contributed by atoms with van der Waals surface area (Å²) >= 11 is 0. The maximum absolute atomic E-state index is 12.1. The van der Waals surface area contributed by atoms with Crippen molar-refractivity contribution in [1.29, 1.82) is 0 Å². The smallest absolute Gasteiger partial charge is 0.404 e. The predicted molar refractivity (Wildman–Crippen MR) is 40.9 cm³/mol. The molecule has 0 saturated carbocycles. The Labute approximate surface area is 77.5 Å². The first-order valence-electron chi connectivity index (χ1n) is 3.90. The Hall–Kier alpha value is -1.02. The molecule has 2 rings (SSSR count). The lowest BCUT2D eigenvalue weighted by atomic mass is 9.82. The summed E-state index contributed by atoms with van der Waals surface area (Å²) in [6.07, 6.45) is -3.42. The Balaban J connectivity index is 2.02. The van der Waals surface area contributed by atoms with Crippen molar-refractivity contribution in [2.24, 2.45) is 0 Å². The predicted octanol–water partition coefficient (Wildman–Crippen LogP) is 0.0826. The number of H-pyrrole nitrogens is 1. The number of hydrogen-bond donors (Lipinski definition) is 1. The minimum atomic E-state index is -4.38. The molecule has 1 N–H and O–H groups in total. The zero-order valence-corrected chi connectivity index (χ0v) is 6.91.